The Balaban J connectivity index is 1.57. The van der Waals surface area contributed by atoms with Crippen LogP contribution < -0.4 is 26.0 Å². The van der Waals surface area contributed by atoms with Gasteiger partial charge in [0.2, 0.25) is 5.95 Å². The van der Waals surface area contributed by atoms with Crippen molar-refractivity contribution in [3.8, 4) is 6.01 Å². The minimum absolute atomic E-state index is 0.0505. The summed E-state index contributed by atoms with van der Waals surface area (Å²) in [5.41, 5.74) is 2.50. The Hall–Kier alpha value is -4.58. The van der Waals surface area contributed by atoms with Crippen molar-refractivity contribution >= 4 is 41.1 Å². The molecular formula is C28H36N10O2. The molecule has 0 radical (unpaired) electrons. The van der Waals surface area contributed by atoms with Crippen molar-refractivity contribution in [2.45, 2.75) is 38.8 Å². The fraction of sp³-hybridized carbons (Fsp3) is 0.357. The minimum atomic E-state index is -0.360. The van der Waals surface area contributed by atoms with Crippen LogP contribution in [0.25, 0.3) is 0 Å². The van der Waals surface area contributed by atoms with Gasteiger partial charge in [-0.2, -0.15) is 9.97 Å². The van der Waals surface area contributed by atoms with E-state index >= 15 is 0 Å². The number of rotatable bonds is 12. The van der Waals surface area contributed by atoms with Gasteiger partial charge in [-0.1, -0.05) is 6.08 Å². The molecular weight excluding hydrogens is 508 g/mol. The number of likely N-dealkylation sites (tertiary alicyclic amines) is 1. The smallest absolute Gasteiger partial charge is 0.318 e. The summed E-state index contributed by atoms with van der Waals surface area (Å²) in [6, 6.07) is 7.77. The Morgan fingerprint density at radius 3 is 2.73 bits per heavy atom. The number of piperidine rings is 1. The lowest BCUT2D eigenvalue weighted by atomic mass is 10.1. The van der Waals surface area contributed by atoms with Crippen molar-refractivity contribution in [3.05, 3.63) is 60.4 Å². The lowest BCUT2D eigenvalue weighted by Gasteiger charge is -2.28. The second-order valence-corrected chi connectivity index (χ2v) is 9.79. The van der Waals surface area contributed by atoms with Gasteiger partial charge < -0.3 is 36.3 Å². The van der Waals surface area contributed by atoms with E-state index in [1.54, 1.807) is 18.3 Å². The number of hydrogen-bond acceptors (Lipinski definition) is 11. The number of hydrogen-bond donors (Lipinski definition) is 5. The van der Waals surface area contributed by atoms with Gasteiger partial charge in [-0.05, 0) is 58.0 Å². The summed E-state index contributed by atoms with van der Waals surface area (Å²) in [7, 11) is 2.09. The highest BCUT2D eigenvalue weighted by atomic mass is 16.5. The lowest BCUT2D eigenvalue weighted by Crippen LogP contribution is -2.35. The molecule has 12 heteroatoms. The zero-order chi connectivity index (χ0) is 28.5. The maximum absolute atomic E-state index is 12.9. The highest BCUT2D eigenvalue weighted by Gasteiger charge is 2.20. The normalized spacial score (nSPS) is 13.9. The standard InChI is InChI=1S/C28H36N10O2/c1-5-11-30-26(39)22-17-32-27(34-20-6-7-23(33-18(2)3)19(15-20)16-29)37-25(22)35-24-8-12-31-28(36-24)40-21-9-13-38(4)14-10-21/h5-8,12,15-18,21,29,33H,1,9-11,13-14H2,2-4H3,(H,30,39)(H2,31,32,34,35,36,37). The molecule has 1 aliphatic rings. The molecule has 2 aromatic heterocycles. The number of benzene rings is 1. The summed E-state index contributed by atoms with van der Waals surface area (Å²) in [6.07, 6.45) is 7.78. The van der Waals surface area contributed by atoms with Crippen LogP contribution in [-0.2, 0) is 0 Å². The van der Waals surface area contributed by atoms with Gasteiger partial charge in [-0.25, -0.2) is 9.97 Å². The molecule has 12 nitrogen and oxygen atoms in total. The first-order valence-corrected chi connectivity index (χ1v) is 13.2. The van der Waals surface area contributed by atoms with Gasteiger partial charge in [0.25, 0.3) is 5.91 Å². The third kappa shape index (κ3) is 7.73. The van der Waals surface area contributed by atoms with Crippen LogP contribution in [0, 0.1) is 5.41 Å². The predicted octanol–water partition coefficient (Wildman–Crippen LogP) is 3.96. The molecule has 5 N–H and O–H groups in total. The van der Waals surface area contributed by atoms with Gasteiger partial charge in [0.1, 0.15) is 23.3 Å². The SMILES string of the molecule is C=CCNC(=O)c1cnc(Nc2ccc(NC(C)C)c(C=N)c2)nc1Nc1ccnc(OC2CCN(C)CC2)n1. The number of ether oxygens (including phenoxy) is 1. The third-order valence-electron chi connectivity index (χ3n) is 6.17. The third-order valence-corrected chi connectivity index (χ3v) is 6.17. The highest BCUT2D eigenvalue weighted by Crippen LogP contribution is 2.25. The molecule has 0 atom stereocenters. The molecule has 4 rings (SSSR count). The Bertz CT molecular complexity index is 1340. The summed E-state index contributed by atoms with van der Waals surface area (Å²) in [5, 5.41) is 20.2. The van der Waals surface area contributed by atoms with Crippen molar-refractivity contribution in [2.24, 2.45) is 0 Å². The second kappa shape index (κ2) is 13.5. The Kier molecular flexibility index (Phi) is 9.57. The summed E-state index contributed by atoms with van der Waals surface area (Å²) in [5.74, 6) is 0.588. The molecule has 0 saturated carbocycles. The van der Waals surface area contributed by atoms with E-state index < -0.39 is 0 Å². The van der Waals surface area contributed by atoms with Gasteiger partial charge in [0, 0.05) is 61.2 Å². The molecule has 1 aromatic carbocycles. The largest absolute Gasteiger partial charge is 0.460 e. The van der Waals surface area contributed by atoms with E-state index in [0.717, 1.165) is 37.2 Å². The molecule has 210 valence electrons. The zero-order valence-electron chi connectivity index (χ0n) is 23.1. The van der Waals surface area contributed by atoms with Gasteiger partial charge in [0.15, 0.2) is 0 Å². The highest BCUT2D eigenvalue weighted by molar-refractivity contribution is 5.99. The monoisotopic (exact) mass is 544 g/mol. The van der Waals surface area contributed by atoms with Crippen LogP contribution in [0.3, 0.4) is 0 Å². The number of anilines is 5. The summed E-state index contributed by atoms with van der Waals surface area (Å²) >= 11 is 0. The number of nitrogens with one attached hydrogen (secondary N) is 5. The van der Waals surface area contributed by atoms with E-state index in [-0.39, 0.29) is 41.4 Å². The van der Waals surface area contributed by atoms with Crippen LogP contribution in [0.4, 0.5) is 29.0 Å². The first kappa shape index (κ1) is 28.4. The van der Waals surface area contributed by atoms with Gasteiger partial charge in [0.05, 0.1) is 0 Å². The Morgan fingerprint density at radius 1 is 1.20 bits per heavy atom. The first-order chi connectivity index (χ1) is 19.3. The molecule has 0 aliphatic carbocycles. The molecule has 1 saturated heterocycles. The van der Waals surface area contributed by atoms with E-state index in [4.69, 9.17) is 10.1 Å². The van der Waals surface area contributed by atoms with Crippen LogP contribution in [0.15, 0.2) is 49.3 Å². The molecule has 3 aromatic rings. The molecule has 3 heterocycles. The maximum Gasteiger partial charge on any atom is 0.318 e. The fourth-order valence-electron chi connectivity index (χ4n) is 4.14. The Labute approximate surface area is 234 Å². The number of aromatic nitrogens is 4. The van der Waals surface area contributed by atoms with Crippen molar-refractivity contribution in [1.82, 2.24) is 30.2 Å². The van der Waals surface area contributed by atoms with Crippen LogP contribution in [0.2, 0.25) is 0 Å². The Morgan fingerprint density at radius 2 is 2.00 bits per heavy atom. The zero-order valence-corrected chi connectivity index (χ0v) is 23.1. The summed E-state index contributed by atoms with van der Waals surface area (Å²) in [6.45, 7) is 9.94. The van der Waals surface area contributed by atoms with Crippen molar-refractivity contribution in [3.63, 3.8) is 0 Å². The van der Waals surface area contributed by atoms with Crippen LogP contribution >= 0.6 is 0 Å². The number of carbonyl (C=O) groups is 1. The van der Waals surface area contributed by atoms with E-state index in [1.807, 2.05) is 32.0 Å². The van der Waals surface area contributed by atoms with Crippen molar-refractivity contribution < 1.29 is 9.53 Å². The van der Waals surface area contributed by atoms with Gasteiger partial charge in [-0.15, -0.1) is 6.58 Å². The van der Waals surface area contributed by atoms with E-state index in [0.29, 0.717) is 18.1 Å². The molecule has 1 amide bonds. The quantitative estimate of drug-likeness (QED) is 0.167. The summed E-state index contributed by atoms with van der Waals surface area (Å²) in [4.78, 5) is 32.8. The molecule has 0 spiro atoms. The average molecular weight is 545 g/mol. The summed E-state index contributed by atoms with van der Waals surface area (Å²) < 4.78 is 6.02. The molecule has 40 heavy (non-hydrogen) atoms. The molecule has 1 fully saturated rings. The lowest BCUT2D eigenvalue weighted by molar-refractivity contribution is 0.0958. The second-order valence-electron chi connectivity index (χ2n) is 9.79. The molecule has 1 aliphatic heterocycles. The number of nitrogens with zero attached hydrogens (tertiary/aromatic N) is 5. The van der Waals surface area contributed by atoms with Crippen LogP contribution in [-0.4, -0.2) is 75.8 Å². The van der Waals surface area contributed by atoms with Gasteiger partial charge in [-0.3, -0.25) is 4.79 Å². The topological polar surface area (TPSA) is 153 Å². The fourth-order valence-corrected chi connectivity index (χ4v) is 4.14. The van der Waals surface area contributed by atoms with Crippen molar-refractivity contribution in [1.29, 1.82) is 5.41 Å². The van der Waals surface area contributed by atoms with Crippen LogP contribution in [0.1, 0.15) is 42.6 Å². The number of carbonyl (C=O) groups excluding carboxylic acids is 1. The predicted molar refractivity (Wildman–Crippen MR) is 157 cm³/mol. The van der Waals surface area contributed by atoms with E-state index in [9.17, 15) is 4.79 Å². The molecule has 0 unspecified atom stereocenters. The molecule has 0 bridgehead atoms. The van der Waals surface area contributed by atoms with Crippen LogP contribution in [0.5, 0.6) is 6.01 Å². The minimum Gasteiger partial charge on any atom is -0.460 e. The van der Waals surface area contributed by atoms with E-state index in [1.165, 1.54) is 12.4 Å². The average Bonchev–Trinajstić information content (AvgIpc) is 2.94. The van der Waals surface area contributed by atoms with Gasteiger partial charge >= 0.3 is 6.01 Å². The maximum atomic E-state index is 12.9. The van der Waals surface area contributed by atoms with Crippen molar-refractivity contribution in [2.75, 3.05) is 42.6 Å². The first-order valence-electron chi connectivity index (χ1n) is 13.2. The van der Waals surface area contributed by atoms with E-state index in [2.05, 4.69) is 59.7 Å². The number of amides is 1.